The number of rotatable bonds is 3. The first kappa shape index (κ1) is 12.2. The summed E-state index contributed by atoms with van der Waals surface area (Å²) in [5.74, 6) is -0.934. The van der Waals surface area contributed by atoms with Crippen molar-refractivity contribution in [1.29, 1.82) is 0 Å². The highest BCUT2D eigenvalue weighted by molar-refractivity contribution is 5.98. The maximum atomic E-state index is 13.6. The molecule has 0 spiro atoms. The number of carbonyl (C=O) groups excluding carboxylic acids is 1. The molecule has 94 valence electrons. The van der Waals surface area contributed by atoms with E-state index in [4.69, 9.17) is 10.5 Å². The summed E-state index contributed by atoms with van der Waals surface area (Å²) >= 11 is 0. The molecule has 0 atom stereocenters. The molecule has 0 aliphatic carbocycles. The van der Waals surface area contributed by atoms with Crippen molar-refractivity contribution >= 4 is 11.7 Å². The van der Waals surface area contributed by atoms with Gasteiger partial charge in [-0.05, 0) is 13.0 Å². The molecule has 5 heteroatoms. The lowest BCUT2D eigenvalue weighted by Crippen LogP contribution is -2.07. The van der Waals surface area contributed by atoms with Crippen LogP contribution < -0.4 is 5.73 Å². The number of esters is 1. The van der Waals surface area contributed by atoms with Gasteiger partial charge in [0.15, 0.2) is 0 Å². The van der Waals surface area contributed by atoms with Gasteiger partial charge in [0.25, 0.3) is 0 Å². The van der Waals surface area contributed by atoms with Crippen molar-refractivity contribution in [1.82, 2.24) is 4.98 Å². The smallest absolute Gasteiger partial charge is 0.356 e. The molecule has 0 saturated carbocycles. The minimum absolute atomic E-state index is 0.148. The van der Waals surface area contributed by atoms with Crippen LogP contribution in [0.2, 0.25) is 0 Å². The average molecular weight is 248 g/mol. The highest BCUT2D eigenvalue weighted by atomic mass is 19.1. The van der Waals surface area contributed by atoms with Gasteiger partial charge in [-0.3, -0.25) is 0 Å². The van der Waals surface area contributed by atoms with Gasteiger partial charge in [-0.2, -0.15) is 0 Å². The monoisotopic (exact) mass is 248 g/mol. The number of nitrogen functional groups attached to an aromatic ring is 1. The summed E-state index contributed by atoms with van der Waals surface area (Å²) in [6.07, 6.45) is 1.50. The van der Waals surface area contributed by atoms with Crippen molar-refractivity contribution in [2.75, 3.05) is 12.3 Å². The van der Waals surface area contributed by atoms with Crippen molar-refractivity contribution in [3.05, 3.63) is 42.0 Å². The van der Waals surface area contributed by atoms with E-state index in [9.17, 15) is 9.18 Å². The summed E-state index contributed by atoms with van der Waals surface area (Å²) in [5.41, 5.74) is 6.98. The second-order valence-corrected chi connectivity index (χ2v) is 3.69. The largest absolute Gasteiger partial charge is 0.461 e. The predicted octanol–water partition coefficient (Wildman–Crippen LogP) is 2.58. The number of nitrogens with two attached hydrogens (primary N) is 1. The van der Waals surface area contributed by atoms with E-state index in [0.717, 1.165) is 0 Å². The van der Waals surface area contributed by atoms with Gasteiger partial charge in [0, 0.05) is 17.3 Å². The number of hydrogen-bond donors (Lipinski definition) is 2. The number of anilines is 1. The number of H-pyrrole nitrogens is 1. The Labute approximate surface area is 104 Å². The molecular weight excluding hydrogens is 235 g/mol. The second-order valence-electron chi connectivity index (χ2n) is 3.69. The zero-order chi connectivity index (χ0) is 13.1. The lowest BCUT2D eigenvalue weighted by molar-refractivity contribution is 0.0521. The molecule has 2 rings (SSSR count). The van der Waals surface area contributed by atoms with E-state index in [1.165, 1.54) is 12.3 Å². The highest BCUT2D eigenvalue weighted by Gasteiger charge is 2.18. The fourth-order valence-electron chi connectivity index (χ4n) is 1.71. The Bertz CT molecular complexity index is 578. The number of aromatic nitrogens is 1. The number of halogens is 1. The fraction of sp³-hybridized carbons (Fsp3) is 0.154. The van der Waals surface area contributed by atoms with E-state index in [1.807, 2.05) is 0 Å². The highest BCUT2D eigenvalue weighted by Crippen LogP contribution is 2.30. The van der Waals surface area contributed by atoms with E-state index < -0.39 is 11.8 Å². The first-order valence-electron chi connectivity index (χ1n) is 5.54. The molecule has 1 aromatic heterocycles. The van der Waals surface area contributed by atoms with Gasteiger partial charge in [0.2, 0.25) is 0 Å². The Morgan fingerprint density at radius 2 is 2.11 bits per heavy atom. The molecule has 0 radical (unpaired) electrons. The van der Waals surface area contributed by atoms with Crippen LogP contribution in [0.1, 0.15) is 17.4 Å². The third kappa shape index (κ3) is 2.07. The third-order valence-corrected chi connectivity index (χ3v) is 2.56. The summed E-state index contributed by atoms with van der Waals surface area (Å²) in [5, 5.41) is 0. The van der Waals surface area contributed by atoms with Crippen LogP contribution >= 0.6 is 0 Å². The Balaban J connectivity index is 2.43. The SMILES string of the molecule is CCOC(=O)c1[nH]cc(-c2ccccc2F)c1N. The minimum atomic E-state index is -0.544. The zero-order valence-corrected chi connectivity index (χ0v) is 9.87. The first-order chi connectivity index (χ1) is 8.65. The lowest BCUT2D eigenvalue weighted by atomic mass is 10.1. The normalized spacial score (nSPS) is 10.3. The number of benzene rings is 1. The standard InChI is InChI=1S/C13H13FN2O2/c1-2-18-13(17)12-11(15)9(7-16-12)8-5-3-4-6-10(8)14/h3-7,16H,2,15H2,1H3. The molecule has 1 heterocycles. The van der Waals surface area contributed by atoms with Crippen LogP contribution in [0, 0.1) is 5.82 Å². The van der Waals surface area contributed by atoms with Gasteiger partial charge in [0.1, 0.15) is 11.5 Å². The maximum absolute atomic E-state index is 13.6. The second kappa shape index (κ2) is 4.91. The zero-order valence-electron chi connectivity index (χ0n) is 9.87. The molecular formula is C13H13FN2O2. The van der Waals surface area contributed by atoms with Crippen LogP contribution in [-0.2, 0) is 4.74 Å². The number of hydrogen-bond acceptors (Lipinski definition) is 3. The first-order valence-corrected chi connectivity index (χ1v) is 5.54. The van der Waals surface area contributed by atoms with E-state index in [0.29, 0.717) is 11.1 Å². The molecule has 3 N–H and O–H groups in total. The molecule has 0 unspecified atom stereocenters. The maximum Gasteiger partial charge on any atom is 0.356 e. The van der Waals surface area contributed by atoms with E-state index in [2.05, 4.69) is 4.98 Å². The molecule has 0 fully saturated rings. The summed E-state index contributed by atoms with van der Waals surface area (Å²) < 4.78 is 18.5. The molecule has 2 aromatic rings. The van der Waals surface area contributed by atoms with E-state index in [-0.39, 0.29) is 18.0 Å². The third-order valence-electron chi connectivity index (χ3n) is 2.56. The Hall–Kier alpha value is -2.30. The lowest BCUT2D eigenvalue weighted by Gasteiger charge is -2.03. The Morgan fingerprint density at radius 3 is 2.78 bits per heavy atom. The van der Waals surface area contributed by atoms with Crippen molar-refractivity contribution in [3.8, 4) is 11.1 Å². The predicted molar refractivity (Wildman–Crippen MR) is 66.6 cm³/mol. The van der Waals surface area contributed by atoms with Crippen LogP contribution in [0.15, 0.2) is 30.5 Å². The van der Waals surface area contributed by atoms with Crippen LogP contribution in [0.5, 0.6) is 0 Å². The molecule has 0 aliphatic rings. The van der Waals surface area contributed by atoms with Crippen LogP contribution in [-0.4, -0.2) is 17.6 Å². The molecule has 0 bridgehead atoms. The Morgan fingerprint density at radius 1 is 1.39 bits per heavy atom. The molecule has 1 aromatic carbocycles. The summed E-state index contributed by atoms with van der Waals surface area (Å²) in [7, 11) is 0. The molecule has 0 amide bonds. The van der Waals surface area contributed by atoms with Gasteiger partial charge < -0.3 is 15.5 Å². The average Bonchev–Trinajstić information content (AvgIpc) is 2.72. The van der Waals surface area contributed by atoms with Crippen molar-refractivity contribution < 1.29 is 13.9 Å². The van der Waals surface area contributed by atoms with Crippen LogP contribution in [0.25, 0.3) is 11.1 Å². The number of nitrogens with one attached hydrogen (secondary N) is 1. The van der Waals surface area contributed by atoms with Gasteiger partial charge >= 0.3 is 5.97 Å². The van der Waals surface area contributed by atoms with Crippen molar-refractivity contribution in [2.24, 2.45) is 0 Å². The van der Waals surface area contributed by atoms with Gasteiger partial charge in [-0.1, -0.05) is 18.2 Å². The van der Waals surface area contributed by atoms with Crippen molar-refractivity contribution in [2.45, 2.75) is 6.92 Å². The van der Waals surface area contributed by atoms with Crippen LogP contribution in [0.3, 0.4) is 0 Å². The van der Waals surface area contributed by atoms with Gasteiger partial charge in [0.05, 0.1) is 12.3 Å². The summed E-state index contributed by atoms with van der Waals surface area (Å²) in [6, 6.07) is 6.23. The fourth-order valence-corrected chi connectivity index (χ4v) is 1.71. The quantitative estimate of drug-likeness (QED) is 0.820. The summed E-state index contributed by atoms with van der Waals surface area (Å²) in [6.45, 7) is 1.96. The molecule has 0 aliphatic heterocycles. The van der Waals surface area contributed by atoms with E-state index in [1.54, 1.807) is 25.1 Å². The molecule has 0 saturated heterocycles. The van der Waals surface area contributed by atoms with E-state index >= 15 is 0 Å². The van der Waals surface area contributed by atoms with Crippen LogP contribution in [0.4, 0.5) is 10.1 Å². The topological polar surface area (TPSA) is 68.1 Å². The number of aromatic amines is 1. The molecule has 4 nitrogen and oxygen atoms in total. The number of carbonyl (C=O) groups is 1. The van der Waals surface area contributed by atoms with Gasteiger partial charge in [-0.25, -0.2) is 9.18 Å². The molecule has 18 heavy (non-hydrogen) atoms. The van der Waals surface area contributed by atoms with Crippen molar-refractivity contribution in [3.63, 3.8) is 0 Å². The minimum Gasteiger partial charge on any atom is -0.461 e. The Kier molecular flexibility index (Phi) is 3.32. The number of ether oxygens (including phenoxy) is 1. The van der Waals surface area contributed by atoms with Gasteiger partial charge in [-0.15, -0.1) is 0 Å². The summed E-state index contributed by atoms with van der Waals surface area (Å²) in [4.78, 5) is 14.3.